The zero-order chi connectivity index (χ0) is 14.7. The summed E-state index contributed by atoms with van der Waals surface area (Å²) in [5.74, 6) is -0.280. The lowest BCUT2D eigenvalue weighted by Crippen LogP contribution is -2.50. The molecule has 0 aliphatic carbocycles. The van der Waals surface area contributed by atoms with Crippen LogP contribution in [0, 0.1) is 0 Å². The van der Waals surface area contributed by atoms with Crippen LogP contribution in [0.15, 0.2) is 0 Å². The normalized spacial score (nSPS) is 26.9. The molecule has 114 valence electrons. The highest BCUT2D eigenvalue weighted by molar-refractivity contribution is 5.87. The fraction of sp³-hybridized carbons (Fsp3) is 0.833. The summed E-state index contributed by atoms with van der Waals surface area (Å²) < 4.78 is 0. The first-order valence-electron chi connectivity index (χ1n) is 6.82. The first kappa shape index (κ1) is 15.0. The third kappa shape index (κ3) is 2.87. The molecule has 0 aromatic rings. The molecule has 3 atom stereocenters. The van der Waals surface area contributed by atoms with E-state index >= 15 is 0 Å². The maximum atomic E-state index is 12.1. The molecule has 3 amide bonds. The molecule has 8 nitrogen and oxygen atoms in total. The van der Waals surface area contributed by atoms with Crippen LogP contribution in [0.3, 0.4) is 0 Å². The van der Waals surface area contributed by atoms with Crippen molar-refractivity contribution in [3.05, 3.63) is 0 Å². The largest absolute Gasteiger partial charge is 0.345 e. The summed E-state index contributed by atoms with van der Waals surface area (Å²) in [5, 5.41) is 4.30. The van der Waals surface area contributed by atoms with Gasteiger partial charge < -0.3 is 10.2 Å². The van der Waals surface area contributed by atoms with E-state index in [1.54, 1.807) is 4.90 Å². The van der Waals surface area contributed by atoms with E-state index in [1.807, 2.05) is 14.0 Å². The minimum Gasteiger partial charge on any atom is -0.317 e. The summed E-state index contributed by atoms with van der Waals surface area (Å²) in [7, 11) is 3.28. The molecule has 2 bridgehead atoms. The maximum Gasteiger partial charge on any atom is 0.345 e. The number of piperidine rings is 1. The third-order valence-corrected chi connectivity index (χ3v) is 3.67. The first-order valence-corrected chi connectivity index (χ1v) is 6.82. The highest BCUT2D eigenvalue weighted by atomic mass is 16.7. The van der Waals surface area contributed by atoms with E-state index < -0.39 is 6.04 Å². The number of nitrogens with zero attached hydrogens (tertiary/aromatic N) is 2. The van der Waals surface area contributed by atoms with Gasteiger partial charge in [-0.1, -0.05) is 0 Å². The van der Waals surface area contributed by atoms with Gasteiger partial charge in [-0.15, -0.1) is 0 Å². The van der Waals surface area contributed by atoms with Gasteiger partial charge in [0.05, 0.1) is 19.3 Å². The van der Waals surface area contributed by atoms with Crippen LogP contribution in [-0.2, 0) is 14.5 Å². The molecule has 0 aromatic heterocycles. The second-order valence-electron chi connectivity index (χ2n) is 5.14. The van der Waals surface area contributed by atoms with Gasteiger partial charge in [0.25, 0.3) is 5.91 Å². The van der Waals surface area contributed by atoms with Gasteiger partial charge in [0.1, 0.15) is 6.04 Å². The molecule has 2 aliphatic heterocycles. The molecule has 2 N–H and O–H groups in total. The number of hydroxylamine groups is 3. The van der Waals surface area contributed by atoms with Crippen LogP contribution in [0.5, 0.6) is 0 Å². The topological polar surface area (TPSA) is 83.1 Å². The molecule has 0 saturated carbocycles. The lowest BCUT2D eigenvalue weighted by atomic mass is 10.0. The summed E-state index contributed by atoms with van der Waals surface area (Å²) in [4.78, 5) is 36.0. The van der Waals surface area contributed by atoms with Crippen LogP contribution >= 0.6 is 0 Å². The summed E-state index contributed by atoms with van der Waals surface area (Å²) in [6.45, 7) is 3.01. The number of carbonyl (C=O) groups is 2. The predicted molar refractivity (Wildman–Crippen MR) is 70.4 cm³/mol. The molecule has 2 aliphatic rings. The van der Waals surface area contributed by atoms with Crippen molar-refractivity contribution < 1.29 is 19.3 Å². The fourth-order valence-electron chi connectivity index (χ4n) is 2.69. The molecule has 2 rings (SSSR count). The summed E-state index contributed by atoms with van der Waals surface area (Å²) in [6, 6.07) is -0.695. The fourth-order valence-corrected chi connectivity index (χ4v) is 2.69. The lowest BCUT2D eigenvalue weighted by molar-refractivity contribution is -0.142. The molecule has 2 fully saturated rings. The van der Waals surface area contributed by atoms with Gasteiger partial charge >= 0.3 is 6.03 Å². The molecule has 0 spiro atoms. The number of urea groups is 1. The van der Waals surface area contributed by atoms with Gasteiger partial charge in [-0.05, 0) is 26.8 Å². The number of hydrogen-bond donors (Lipinski definition) is 2. The first-order chi connectivity index (χ1) is 9.58. The van der Waals surface area contributed by atoms with Gasteiger partial charge in [0.15, 0.2) is 0 Å². The Kier molecular flexibility index (Phi) is 4.79. The number of rotatable bonds is 6. The zero-order valence-electron chi connectivity index (χ0n) is 12.1. The highest BCUT2D eigenvalue weighted by Crippen LogP contribution is 2.29. The maximum absolute atomic E-state index is 12.1. The molecule has 0 radical (unpaired) electrons. The predicted octanol–water partition coefficient (Wildman–Crippen LogP) is -0.528. The second-order valence-corrected chi connectivity index (χ2v) is 5.14. The monoisotopic (exact) mass is 286 g/mol. The number of amides is 3. The van der Waals surface area contributed by atoms with E-state index in [1.165, 1.54) is 12.2 Å². The average molecular weight is 286 g/mol. The van der Waals surface area contributed by atoms with E-state index in [-0.39, 0.29) is 24.1 Å². The van der Waals surface area contributed by atoms with Crippen molar-refractivity contribution >= 4 is 11.9 Å². The molecular weight excluding hydrogens is 264 g/mol. The third-order valence-electron chi connectivity index (χ3n) is 3.67. The number of nitrogens with one attached hydrogen (secondary N) is 2. The van der Waals surface area contributed by atoms with Crippen molar-refractivity contribution in [2.45, 2.75) is 38.0 Å². The molecule has 0 unspecified atom stereocenters. The van der Waals surface area contributed by atoms with Crippen molar-refractivity contribution in [1.82, 2.24) is 20.8 Å². The Morgan fingerprint density at radius 3 is 2.90 bits per heavy atom. The Bertz CT molecular complexity index is 378. The van der Waals surface area contributed by atoms with Gasteiger partial charge in [-0.3, -0.25) is 14.5 Å². The van der Waals surface area contributed by atoms with Gasteiger partial charge in [-0.2, -0.15) is 5.06 Å². The van der Waals surface area contributed by atoms with Crippen molar-refractivity contribution in [1.29, 1.82) is 0 Å². The van der Waals surface area contributed by atoms with Crippen LogP contribution in [0.2, 0.25) is 0 Å². The average Bonchev–Trinajstić information content (AvgIpc) is 2.68. The molecular formula is C12H22N4O4. The quantitative estimate of drug-likeness (QED) is 0.642. The van der Waals surface area contributed by atoms with Crippen molar-refractivity contribution in [3.63, 3.8) is 0 Å². The van der Waals surface area contributed by atoms with Crippen molar-refractivity contribution in [2.75, 3.05) is 27.2 Å². The molecule has 8 heteroatoms. The number of hydrogen-bond acceptors (Lipinski definition) is 5. The molecule has 20 heavy (non-hydrogen) atoms. The zero-order valence-corrected chi connectivity index (χ0v) is 12.1. The minimum atomic E-state index is -0.485. The SMILES string of the molecule is CNC[C@H](C)ONC(=O)[C@@H]1CC[C@@H]2CN1C(=O)N2OC. The Morgan fingerprint density at radius 2 is 2.25 bits per heavy atom. The van der Waals surface area contributed by atoms with Crippen molar-refractivity contribution in [2.24, 2.45) is 0 Å². The summed E-state index contributed by atoms with van der Waals surface area (Å²) >= 11 is 0. The van der Waals surface area contributed by atoms with Crippen LogP contribution in [-0.4, -0.2) is 67.3 Å². The standard InChI is InChI=1S/C12H22N4O4/c1-8(6-13-2)20-14-11(17)10-5-4-9-7-15(10)12(18)16(9)19-3/h8-10,13H,4-7H2,1-3H3,(H,14,17)/t8-,9+,10-/m0/s1. The summed E-state index contributed by atoms with van der Waals surface area (Å²) in [5.41, 5.74) is 2.44. The number of likely N-dealkylation sites (N-methyl/N-ethyl adjacent to an activating group) is 1. The Morgan fingerprint density at radius 1 is 1.50 bits per heavy atom. The Balaban J connectivity index is 1.90. The van der Waals surface area contributed by atoms with Crippen LogP contribution in [0.1, 0.15) is 19.8 Å². The van der Waals surface area contributed by atoms with Gasteiger partial charge in [-0.25, -0.2) is 10.3 Å². The van der Waals surface area contributed by atoms with E-state index in [4.69, 9.17) is 9.68 Å². The Labute approximate surface area is 118 Å². The highest BCUT2D eigenvalue weighted by Gasteiger charge is 2.47. The van der Waals surface area contributed by atoms with Crippen molar-refractivity contribution in [3.8, 4) is 0 Å². The van der Waals surface area contributed by atoms with E-state index in [2.05, 4.69) is 10.8 Å². The lowest BCUT2D eigenvalue weighted by Gasteiger charge is -2.29. The molecule has 2 saturated heterocycles. The van der Waals surface area contributed by atoms with Gasteiger partial charge in [0, 0.05) is 13.1 Å². The molecule has 0 aromatic carbocycles. The minimum absolute atomic E-state index is 0.0423. The smallest absolute Gasteiger partial charge is 0.317 e. The number of carbonyl (C=O) groups excluding carboxylic acids is 2. The molecule has 2 heterocycles. The van der Waals surface area contributed by atoms with Crippen LogP contribution < -0.4 is 10.8 Å². The van der Waals surface area contributed by atoms with E-state index in [0.717, 1.165) is 6.42 Å². The Hall–Kier alpha value is -1.38. The van der Waals surface area contributed by atoms with Crippen LogP contribution in [0.4, 0.5) is 4.79 Å². The second kappa shape index (κ2) is 6.38. The van der Waals surface area contributed by atoms with E-state index in [0.29, 0.717) is 19.5 Å². The number of fused-ring (bicyclic) bond motifs is 2. The van der Waals surface area contributed by atoms with Crippen LogP contribution in [0.25, 0.3) is 0 Å². The van der Waals surface area contributed by atoms with Gasteiger partial charge in [0.2, 0.25) is 0 Å². The summed E-state index contributed by atoms with van der Waals surface area (Å²) in [6.07, 6.45) is 1.23. The van der Waals surface area contributed by atoms with E-state index in [9.17, 15) is 9.59 Å².